The molecule has 2 aromatic rings. The maximum absolute atomic E-state index is 11.7. The van der Waals surface area contributed by atoms with E-state index in [1.807, 2.05) is 31.2 Å². The second kappa shape index (κ2) is 5.69. The van der Waals surface area contributed by atoms with Gasteiger partial charge in [0.2, 0.25) is 0 Å². The van der Waals surface area contributed by atoms with Crippen LogP contribution in [0.4, 0.5) is 0 Å². The third-order valence-electron chi connectivity index (χ3n) is 2.83. The Morgan fingerprint density at radius 3 is 2.45 bits per heavy atom. The Morgan fingerprint density at radius 2 is 1.90 bits per heavy atom. The summed E-state index contributed by atoms with van der Waals surface area (Å²) in [5.41, 5.74) is 2.33. The van der Waals surface area contributed by atoms with Gasteiger partial charge in [0, 0.05) is 13.0 Å². The molecule has 0 bridgehead atoms. The van der Waals surface area contributed by atoms with E-state index in [0.29, 0.717) is 5.69 Å². The van der Waals surface area contributed by atoms with Crippen LogP contribution in [0.3, 0.4) is 0 Å². The first-order chi connectivity index (χ1) is 9.52. The lowest BCUT2D eigenvalue weighted by molar-refractivity contribution is 0.0519. The molecule has 0 unspecified atom stereocenters. The van der Waals surface area contributed by atoms with Gasteiger partial charge in [-0.2, -0.15) is 5.10 Å². The molecule has 1 aromatic heterocycles. The van der Waals surface area contributed by atoms with Gasteiger partial charge in [0.15, 0.2) is 11.5 Å². The van der Waals surface area contributed by atoms with Crippen LogP contribution in [-0.2, 0) is 4.74 Å². The molecule has 1 heterocycles. The number of carbonyl (C=O) groups is 2. The first kappa shape index (κ1) is 14.0. The Labute approximate surface area is 117 Å². The first-order valence-electron chi connectivity index (χ1n) is 6.38. The molecular weight excluding hydrogens is 256 g/mol. The number of benzene rings is 1. The number of ketones is 1. The molecule has 0 amide bonds. The van der Waals surface area contributed by atoms with Crippen molar-refractivity contribution in [2.24, 2.45) is 0 Å². The summed E-state index contributed by atoms with van der Waals surface area (Å²) in [6.07, 6.45) is 0. The van der Waals surface area contributed by atoms with Crippen molar-refractivity contribution in [3.8, 4) is 5.69 Å². The van der Waals surface area contributed by atoms with E-state index in [-0.39, 0.29) is 18.1 Å². The number of nitrogens with zero attached hydrogens (tertiary/aromatic N) is 2. The Hall–Kier alpha value is -2.43. The highest BCUT2D eigenvalue weighted by Crippen LogP contribution is 2.15. The zero-order valence-electron chi connectivity index (χ0n) is 11.7. The average Bonchev–Trinajstić information content (AvgIpc) is 2.85. The zero-order chi connectivity index (χ0) is 14.7. The Bertz CT molecular complexity index is 642. The van der Waals surface area contributed by atoms with Gasteiger partial charge in [0.05, 0.1) is 12.3 Å². The van der Waals surface area contributed by atoms with Crippen molar-refractivity contribution < 1.29 is 14.3 Å². The topological polar surface area (TPSA) is 61.2 Å². The maximum Gasteiger partial charge on any atom is 0.358 e. The van der Waals surface area contributed by atoms with Gasteiger partial charge in [0.1, 0.15) is 5.69 Å². The number of rotatable bonds is 4. The highest BCUT2D eigenvalue weighted by molar-refractivity contribution is 5.96. The third kappa shape index (κ3) is 2.77. The van der Waals surface area contributed by atoms with Crippen LogP contribution in [0.2, 0.25) is 0 Å². The summed E-state index contributed by atoms with van der Waals surface area (Å²) in [5.74, 6) is -0.686. The minimum absolute atomic E-state index is 0.137. The second-order valence-corrected chi connectivity index (χ2v) is 4.44. The summed E-state index contributed by atoms with van der Waals surface area (Å²) in [5, 5.41) is 4.17. The summed E-state index contributed by atoms with van der Waals surface area (Å²) in [4.78, 5) is 23.4. The fraction of sp³-hybridized carbons (Fsp3) is 0.267. The molecule has 5 heteroatoms. The highest BCUT2D eigenvalue weighted by Gasteiger charge is 2.18. The molecule has 2 rings (SSSR count). The van der Waals surface area contributed by atoms with Crippen molar-refractivity contribution in [1.82, 2.24) is 9.78 Å². The summed E-state index contributed by atoms with van der Waals surface area (Å²) in [6.45, 7) is 5.41. The van der Waals surface area contributed by atoms with Gasteiger partial charge >= 0.3 is 5.97 Å². The standard InChI is InChI=1S/C15H16N2O3/c1-4-20-15(19)13-9-14(11(3)18)17(16-13)12-7-5-10(2)6-8-12/h5-9H,4H2,1-3H3. The fourth-order valence-corrected chi connectivity index (χ4v) is 1.82. The summed E-state index contributed by atoms with van der Waals surface area (Å²) >= 11 is 0. The van der Waals surface area contributed by atoms with E-state index in [9.17, 15) is 9.59 Å². The van der Waals surface area contributed by atoms with Crippen molar-refractivity contribution in [3.05, 3.63) is 47.3 Å². The van der Waals surface area contributed by atoms with Gasteiger partial charge in [-0.25, -0.2) is 9.48 Å². The van der Waals surface area contributed by atoms with Crippen LogP contribution in [0.5, 0.6) is 0 Å². The smallest absolute Gasteiger partial charge is 0.358 e. The van der Waals surface area contributed by atoms with Crippen LogP contribution >= 0.6 is 0 Å². The molecule has 0 radical (unpaired) electrons. The maximum atomic E-state index is 11.7. The van der Waals surface area contributed by atoms with Crippen molar-refractivity contribution in [2.75, 3.05) is 6.61 Å². The Balaban J connectivity index is 2.48. The molecule has 0 aliphatic carbocycles. The van der Waals surface area contributed by atoms with Gasteiger partial charge in [-0.1, -0.05) is 17.7 Å². The van der Waals surface area contributed by atoms with E-state index in [0.717, 1.165) is 11.3 Å². The molecule has 0 N–H and O–H groups in total. The average molecular weight is 272 g/mol. The lowest BCUT2D eigenvalue weighted by Crippen LogP contribution is -2.08. The molecule has 20 heavy (non-hydrogen) atoms. The van der Waals surface area contributed by atoms with Crippen LogP contribution in [0.1, 0.15) is 40.4 Å². The predicted octanol–water partition coefficient (Wildman–Crippen LogP) is 2.56. The summed E-state index contributed by atoms with van der Waals surface area (Å²) in [7, 11) is 0. The highest BCUT2D eigenvalue weighted by atomic mass is 16.5. The van der Waals surface area contributed by atoms with E-state index >= 15 is 0 Å². The monoisotopic (exact) mass is 272 g/mol. The van der Waals surface area contributed by atoms with Crippen LogP contribution in [0.25, 0.3) is 5.69 Å². The normalized spacial score (nSPS) is 10.3. The minimum atomic E-state index is -0.527. The quantitative estimate of drug-likeness (QED) is 0.634. The van der Waals surface area contributed by atoms with E-state index in [4.69, 9.17) is 4.74 Å². The van der Waals surface area contributed by atoms with Gasteiger partial charge in [0.25, 0.3) is 0 Å². The van der Waals surface area contributed by atoms with Gasteiger partial charge in [-0.05, 0) is 26.0 Å². The molecule has 0 saturated carbocycles. The zero-order valence-corrected chi connectivity index (χ0v) is 11.7. The lowest BCUT2D eigenvalue weighted by Gasteiger charge is -2.05. The number of aromatic nitrogens is 2. The molecule has 0 aliphatic rings. The molecular formula is C15H16N2O3. The van der Waals surface area contributed by atoms with E-state index in [1.165, 1.54) is 17.7 Å². The third-order valence-corrected chi connectivity index (χ3v) is 2.83. The number of Topliss-reactive ketones (excluding diaryl/α,β-unsaturated/α-hetero) is 1. The largest absolute Gasteiger partial charge is 0.461 e. The number of ether oxygens (including phenoxy) is 1. The van der Waals surface area contributed by atoms with E-state index < -0.39 is 5.97 Å². The van der Waals surface area contributed by atoms with Crippen molar-refractivity contribution in [2.45, 2.75) is 20.8 Å². The molecule has 5 nitrogen and oxygen atoms in total. The minimum Gasteiger partial charge on any atom is -0.461 e. The number of esters is 1. The first-order valence-corrected chi connectivity index (χ1v) is 6.38. The Morgan fingerprint density at radius 1 is 1.25 bits per heavy atom. The molecule has 0 spiro atoms. The van der Waals surface area contributed by atoms with Crippen LogP contribution < -0.4 is 0 Å². The molecule has 0 atom stereocenters. The molecule has 0 saturated heterocycles. The van der Waals surface area contributed by atoms with E-state index in [2.05, 4.69) is 5.10 Å². The van der Waals surface area contributed by atoms with Gasteiger partial charge in [-0.15, -0.1) is 0 Å². The Kier molecular flexibility index (Phi) is 3.98. The number of hydrogen-bond acceptors (Lipinski definition) is 4. The number of aryl methyl sites for hydroxylation is 1. The SMILES string of the molecule is CCOC(=O)c1cc(C(C)=O)n(-c2ccc(C)cc2)n1. The molecule has 1 aromatic carbocycles. The summed E-state index contributed by atoms with van der Waals surface area (Å²) in [6, 6.07) is 9.00. The number of hydrogen-bond donors (Lipinski definition) is 0. The van der Waals surface area contributed by atoms with Crippen LogP contribution in [0.15, 0.2) is 30.3 Å². The molecule has 104 valence electrons. The van der Waals surface area contributed by atoms with Gasteiger partial charge < -0.3 is 4.74 Å². The number of carbonyl (C=O) groups excluding carboxylic acids is 2. The fourth-order valence-electron chi connectivity index (χ4n) is 1.82. The van der Waals surface area contributed by atoms with Crippen LogP contribution in [0, 0.1) is 6.92 Å². The van der Waals surface area contributed by atoms with Crippen molar-refractivity contribution in [3.63, 3.8) is 0 Å². The van der Waals surface area contributed by atoms with Crippen molar-refractivity contribution in [1.29, 1.82) is 0 Å². The predicted molar refractivity (Wildman–Crippen MR) is 74.3 cm³/mol. The van der Waals surface area contributed by atoms with Gasteiger partial charge in [-0.3, -0.25) is 4.79 Å². The molecule has 0 fully saturated rings. The lowest BCUT2D eigenvalue weighted by atomic mass is 10.2. The van der Waals surface area contributed by atoms with Crippen LogP contribution in [-0.4, -0.2) is 28.1 Å². The van der Waals surface area contributed by atoms with Crippen molar-refractivity contribution >= 4 is 11.8 Å². The second-order valence-electron chi connectivity index (χ2n) is 4.44. The van der Waals surface area contributed by atoms with E-state index in [1.54, 1.807) is 6.92 Å². The summed E-state index contributed by atoms with van der Waals surface area (Å²) < 4.78 is 6.37. The molecule has 0 aliphatic heterocycles.